The average molecular weight is 479 g/mol. The van der Waals surface area contributed by atoms with Gasteiger partial charge in [-0.15, -0.1) is 0 Å². The Kier molecular flexibility index (Phi) is 8.72. The Bertz CT molecular complexity index is 1090. The number of ether oxygens (including phenoxy) is 1. The Labute approximate surface area is 207 Å². The van der Waals surface area contributed by atoms with E-state index in [1.54, 1.807) is 36.0 Å². The van der Waals surface area contributed by atoms with Gasteiger partial charge in [0.15, 0.2) is 0 Å². The van der Waals surface area contributed by atoms with Crippen molar-refractivity contribution in [1.82, 2.24) is 14.8 Å². The van der Waals surface area contributed by atoms with E-state index in [1.807, 2.05) is 51.1 Å². The molecule has 8 nitrogen and oxygen atoms in total. The Morgan fingerprint density at radius 1 is 1.31 bits per heavy atom. The smallest absolute Gasteiger partial charge is 0.321 e. The van der Waals surface area contributed by atoms with Gasteiger partial charge in [0, 0.05) is 42.9 Å². The summed E-state index contributed by atoms with van der Waals surface area (Å²) in [4.78, 5) is 33.8. The maximum absolute atomic E-state index is 13.4. The van der Waals surface area contributed by atoms with E-state index in [9.17, 15) is 14.7 Å². The molecule has 3 rings (SSSR count). The number of aliphatic hydroxyl groups is 1. The SMILES string of the molecule is CC(C)C#Cc1cnc2c(c1)C(=O)N([C@H](C)CO)C[C@H](C)[C@H](CN(C)C(=O)Nc1ccccc1)O2. The standard InChI is InChI=1S/C27H34N4O4/c1-18(2)11-12-21-13-23-25(28-14-21)35-24(19(3)15-31(26(23)33)20(4)17-32)16-30(5)27(34)29-22-9-7-6-8-10-22/h6-10,13-14,18-20,24,32H,15-17H2,1-5H3,(H,29,34)/t19-,20+,24-/m0/s1. The first-order valence-corrected chi connectivity index (χ1v) is 11.9. The summed E-state index contributed by atoms with van der Waals surface area (Å²) < 4.78 is 6.24. The van der Waals surface area contributed by atoms with Crippen molar-refractivity contribution in [3.8, 4) is 17.7 Å². The van der Waals surface area contributed by atoms with E-state index in [0.29, 0.717) is 23.4 Å². The third kappa shape index (κ3) is 6.74. The van der Waals surface area contributed by atoms with E-state index in [4.69, 9.17) is 4.74 Å². The topological polar surface area (TPSA) is 95.0 Å². The minimum absolute atomic E-state index is 0.129. The van der Waals surface area contributed by atoms with Gasteiger partial charge in [0.25, 0.3) is 5.91 Å². The summed E-state index contributed by atoms with van der Waals surface area (Å²) in [6.45, 7) is 8.22. The Morgan fingerprint density at radius 2 is 2.03 bits per heavy atom. The summed E-state index contributed by atoms with van der Waals surface area (Å²) in [5.41, 5.74) is 1.62. The van der Waals surface area contributed by atoms with Crippen LogP contribution in [0.1, 0.15) is 43.6 Å². The summed E-state index contributed by atoms with van der Waals surface area (Å²) in [6.07, 6.45) is 1.16. The fourth-order valence-corrected chi connectivity index (χ4v) is 3.71. The molecule has 0 unspecified atom stereocenters. The van der Waals surface area contributed by atoms with E-state index >= 15 is 0 Å². The van der Waals surface area contributed by atoms with Crippen molar-refractivity contribution in [2.75, 3.05) is 32.1 Å². The number of fused-ring (bicyclic) bond motifs is 1. The highest BCUT2D eigenvalue weighted by atomic mass is 16.5. The molecule has 8 heteroatoms. The molecule has 0 radical (unpaired) electrons. The van der Waals surface area contributed by atoms with Gasteiger partial charge in [-0.2, -0.15) is 0 Å². The number of para-hydroxylation sites is 1. The largest absolute Gasteiger partial charge is 0.472 e. The number of hydrogen-bond donors (Lipinski definition) is 2. The number of likely N-dealkylation sites (N-methyl/N-ethyl adjacent to an activating group) is 1. The number of carbonyl (C=O) groups excluding carboxylic acids is 2. The first-order chi connectivity index (χ1) is 16.7. The number of pyridine rings is 1. The van der Waals surface area contributed by atoms with Gasteiger partial charge >= 0.3 is 6.03 Å². The van der Waals surface area contributed by atoms with Crippen molar-refractivity contribution >= 4 is 17.6 Å². The van der Waals surface area contributed by atoms with Crippen LogP contribution in [0.5, 0.6) is 5.88 Å². The highest BCUT2D eigenvalue weighted by molar-refractivity contribution is 5.97. The third-order valence-corrected chi connectivity index (χ3v) is 5.85. The molecule has 2 heterocycles. The lowest BCUT2D eigenvalue weighted by Gasteiger charge is -2.37. The summed E-state index contributed by atoms with van der Waals surface area (Å²) in [5.74, 6) is 6.12. The molecule has 2 aromatic rings. The molecule has 3 amide bonds. The van der Waals surface area contributed by atoms with E-state index in [0.717, 1.165) is 0 Å². The van der Waals surface area contributed by atoms with Crippen molar-refractivity contribution in [2.45, 2.75) is 39.8 Å². The molecule has 2 N–H and O–H groups in total. The molecule has 1 aromatic heterocycles. The molecule has 1 aliphatic heterocycles. The average Bonchev–Trinajstić information content (AvgIpc) is 2.84. The molecule has 1 aliphatic rings. The summed E-state index contributed by atoms with van der Waals surface area (Å²) in [6, 6.07) is 10.3. The number of nitrogens with zero attached hydrogens (tertiary/aromatic N) is 3. The van der Waals surface area contributed by atoms with Gasteiger partial charge in [-0.3, -0.25) is 4.79 Å². The molecule has 3 atom stereocenters. The first kappa shape index (κ1) is 26.0. The molecule has 0 saturated heterocycles. The van der Waals surface area contributed by atoms with Crippen molar-refractivity contribution in [3.63, 3.8) is 0 Å². The number of urea groups is 1. The lowest BCUT2D eigenvalue weighted by atomic mass is 10.00. The Balaban J connectivity index is 1.89. The number of hydrogen-bond acceptors (Lipinski definition) is 5. The number of carbonyl (C=O) groups is 2. The summed E-state index contributed by atoms with van der Waals surface area (Å²) in [5, 5.41) is 12.7. The lowest BCUT2D eigenvalue weighted by molar-refractivity contribution is 0.0356. The second kappa shape index (κ2) is 11.7. The Hall–Kier alpha value is -3.57. The normalized spacial score (nSPS) is 18.4. The van der Waals surface area contributed by atoms with Gasteiger partial charge in [-0.05, 0) is 25.1 Å². The Morgan fingerprint density at radius 3 is 2.69 bits per heavy atom. The number of rotatable bonds is 5. The van der Waals surface area contributed by atoms with Crippen LogP contribution in [0.3, 0.4) is 0 Å². The molecule has 186 valence electrons. The predicted molar refractivity (Wildman–Crippen MR) is 135 cm³/mol. The second-order valence-electron chi connectivity index (χ2n) is 9.30. The molecule has 0 aliphatic carbocycles. The van der Waals surface area contributed by atoms with Crippen molar-refractivity contribution in [3.05, 3.63) is 53.7 Å². The minimum atomic E-state index is -0.429. The van der Waals surface area contributed by atoms with E-state index < -0.39 is 6.10 Å². The fraction of sp³-hybridized carbons (Fsp3) is 0.444. The van der Waals surface area contributed by atoms with Crippen LogP contribution in [0.25, 0.3) is 0 Å². The van der Waals surface area contributed by atoms with Gasteiger partial charge < -0.3 is 25.0 Å². The number of anilines is 1. The van der Waals surface area contributed by atoms with Gasteiger partial charge in [0.1, 0.15) is 11.7 Å². The maximum atomic E-state index is 13.4. The molecule has 0 saturated carbocycles. The van der Waals surface area contributed by atoms with Crippen LogP contribution in [0.4, 0.5) is 10.5 Å². The maximum Gasteiger partial charge on any atom is 0.321 e. The molecule has 35 heavy (non-hydrogen) atoms. The number of aliphatic hydroxyl groups excluding tert-OH is 1. The molecular formula is C27H34N4O4. The van der Waals surface area contributed by atoms with Gasteiger partial charge in [-0.25, -0.2) is 9.78 Å². The molecular weight excluding hydrogens is 444 g/mol. The van der Waals surface area contributed by atoms with E-state index in [-0.39, 0.29) is 48.8 Å². The summed E-state index contributed by atoms with van der Waals surface area (Å²) in [7, 11) is 1.70. The zero-order valence-electron chi connectivity index (χ0n) is 21.0. The minimum Gasteiger partial charge on any atom is -0.472 e. The monoisotopic (exact) mass is 478 g/mol. The van der Waals surface area contributed by atoms with Crippen LogP contribution in [-0.2, 0) is 0 Å². The number of benzene rings is 1. The van der Waals surface area contributed by atoms with Crippen LogP contribution in [0.2, 0.25) is 0 Å². The van der Waals surface area contributed by atoms with Crippen molar-refractivity contribution in [2.24, 2.45) is 11.8 Å². The van der Waals surface area contributed by atoms with Crippen LogP contribution in [-0.4, -0.2) is 70.7 Å². The quantitative estimate of drug-likeness (QED) is 0.642. The van der Waals surface area contributed by atoms with Gasteiger partial charge in [0.2, 0.25) is 5.88 Å². The highest BCUT2D eigenvalue weighted by Crippen LogP contribution is 2.27. The van der Waals surface area contributed by atoms with Crippen molar-refractivity contribution in [1.29, 1.82) is 0 Å². The highest BCUT2D eigenvalue weighted by Gasteiger charge is 2.34. The first-order valence-electron chi connectivity index (χ1n) is 11.9. The fourth-order valence-electron chi connectivity index (χ4n) is 3.71. The van der Waals surface area contributed by atoms with Crippen LogP contribution < -0.4 is 10.1 Å². The molecule has 0 spiro atoms. The van der Waals surface area contributed by atoms with Gasteiger partial charge in [0.05, 0.1) is 19.2 Å². The number of aromatic nitrogens is 1. The van der Waals surface area contributed by atoms with Gasteiger partial charge in [-0.1, -0.05) is 50.8 Å². The van der Waals surface area contributed by atoms with Crippen molar-refractivity contribution < 1.29 is 19.4 Å². The zero-order valence-corrected chi connectivity index (χ0v) is 21.0. The van der Waals surface area contributed by atoms with Crippen LogP contribution >= 0.6 is 0 Å². The second-order valence-corrected chi connectivity index (χ2v) is 9.30. The lowest BCUT2D eigenvalue weighted by Crippen LogP contribution is -2.50. The van der Waals surface area contributed by atoms with Crippen LogP contribution in [0, 0.1) is 23.7 Å². The molecule has 0 bridgehead atoms. The van der Waals surface area contributed by atoms with E-state index in [1.165, 1.54) is 0 Å². The summed E-state index contributed by atoms with van der Waals surface area (Å²) >= 11 is 0. The molecule has 0 fully saturated rings. The number of amides is 3. The van der Waals surface area contributed by atoms with Crippen LogP contribution in [0.15, 0.2) is 42.6 Å². The molecule has 1 aromatic carbocycles. The predicted octanol–water partition coefficient (Wildman–Crippen LogP) is 3.47. The zero-order chi connectivity index (χ0) is 25.5. The third-order valence-electron chi connectivity index (χ3n) is 5.85. The van der Waals surface area contributed by atoms with E-state index in [2.05, 4.69) is 22.1 Å². The number of nitrogens with one attached hydrogen (secondary N) is 1.